The van der Waals surface area contributed by atoms with Crippen molar-refractivity contribution in [2.24, 2.45) is 0 Å². The van der Waals surface area contributed by atoms with Crippen LogP contribution in [0.15, 0.2) is 12.2 Å². The molecule has 16 heavy (non-hydrogen) atoms. The lowest BCUT2D eigenvalue weighted by Crippen LogP contribution is -2.00. The van der Waals surface area contributed by atoms with Gasteiger partial charge < -0.3 is 9.84 Å². The number of unbranched alkanes of at least 4 members (excludes halogenated alkanes) is 6. The van der Waals surface area contributed by atoms with Crippen LogP contribution in [-0.2, 0) is 4.74 Å². The second-order valence-corrected chi connectivity index (χ2v) is 4.13. The molecule has 0 heterocycles. The van der Waals surface area contributed by atoms with Crippen molar-refractivity contribution in [1.29, 1.82) is 0 Å². The summed E-state index contributed by atoms with van der Waals surface area (Å²) in [6, 6.07) is 0. The molecular formula is C14H28O2. The molecule has 0 amide bonds. The Kier molecular flexibility index (Phi) is 14.3. The zero-order chi connectivity index (χ0) is 11.9. The first-order valence-corrected chi connectivity index (χ1v) is 6.75. The largest absolute Gasteiger partial charge is 0.394 e. The van der Waals surface area contributed by atoms with E-state index in [0.29, 0.717) is 6.61 Å². The highest BCUT2D eigenvalue weighted by atomic mass is 16.5. The maximum Gasteiger partial charge on any atom is 0.0697 e. The predicted octanol–water partition coefficient (Wildman–Crippen LogP) is 3.69. The highest BCUT2D eigenvalue weighted by Gasteiger charge is 1.91. The van der Waals surface area contributed by atoms with Crippen molar-refractivity contribution in [3.63, 3.8) is 0 Å². The summed E-state index contributed by atoms with van der Waals surface area (Å²) in [5, 5.41) is 8.50. The van der Waals surface area contributed by atoms with E-state index in [1.54, 1.807) is 0 Å². The number of aliphatic hydroxyl groups excluding tert-OH is 1. The SMILES string of the molecule is CC/C=C/CCCCCCCCOCCO. The standard InChI is InChI=1S/C14H28O2/c1-2-3-4-5-6-7-8-9-10-11-13-16-14-12-15/h3-4,15H,2,5-14H2,1H3/b4-3+. The summed E-state index contributed by atoms with van der Waals surface area (Å²) < 4.78 is 5.20. The zero-order valence-electron chi connectivity index (χ0n) is 10.8. The van der Waals surface area contributed by atoms with E-state index in [1.165, 1.54) is 38.5 Å². The summed E-state index contributed by atoms with van der Waals surface area (Å²) in [6.07, 6.45) is 14.7. The van der Waals surface area contributed by atoms with Crippen molar-refractivity contribution in [3.8, 4) is 0 Å². The van der Waals surface area contributed by atoms with Gasteiger partial charge >= 0.3 is 0 Å². The predicted molar refractivity (Wildman–Crippen MR) is 69.7 cm³/mol. The fourth-order valence-electron chi connectivity index (χ4n) is 1.62. The van der Waals surface area contributed by atoms with Gasteiger partial charge in [0.25, 0.3) is 0 Å². The molecule has 0 unspecified atom stereocenters. The van der Waals surface area contributed by atoms with Crippen molar-refractivity contribution in [1.82, 2.24) is 0 Å². The third-order valence-electron chi connectivity index (χ3n) is 2.55. The number of rotatable bonds is 12. The fraction of sp³-hybridized carbons (Fsp3) is 0.857. The minimum absolute atomic E-state index is 0.144. The van der Waals surface area contributed by atoms with Crippen LogP contribution in [0, 0.1) is 0 Å². The molecule has 0 bridgehead atoms. The minimum Gasteiger partial charge on any atom is -0.394 e. The molecule has 0 aromatic rings. The molecule has 0 spiro atoms. The van der Waals surface area contributed by atoms with Gasteiger partial charge in [0.15, 0.2) is 0 Å². The third kappa shape index (κ3) is 13.7. The Balaban J connectivity index is 2.90. The van der Waals surface area contributed by atoms with Crippen LogP contribution in [0.2, 0.25) is 0 Å². The van der Waals surface area contributed by atoms with Crippen molar-refractivity contribution in [3.05, 3.63) is 12.2 Å². The molecule has 96 valence electrons. The van der Waals surface area contributed by atoms with E-state index < -0.39 is 0 Å². The van der Waals surface area contributed by atoms with Gasteiger partial charge in [-0.25, -0.2) is 0 Å². The van der Waals surface area contributed by atoms with Crippen LogP contribution in [0.1, 0.15) is 58.3 Å². The maximum absolute atomic E-state index is 8.50. The minimum atomic E-state index is 0.144. The molecule has 0 aliphatic carbocycles. The molecule has 2 nitrogen and oxygen atoms in total. The molecule has 0 aliphatic rings. The first-order valence-electron chi connectivity index (χ1n) is 6.75. The van der Waals surface area contributed by atoms with Crippen LogP contribution < -0.4 is 0 Å². The third-order valence-corrected chi connectivity index (χ3v) is 2.55. The molecular weight excluding hydrogens is 200 g/mol. The van der Waals surface area contributed by atoms with Gasteiger partial charge in [-0.05, 0) is 25.7 Å². The molecule has 0 aromatic heterocycles. The Labute approximate surface area is 101 Å². The quantitative estimate of drug-likeness (QED) is 0.408. The molecule has 0 aromatic carbocycles. The van der Waals surface area contributed by atoms with Gasteiger partial charge in [-0.1, -0.05) is 44.8 Å². The van der Waals surface area contributed by atoms with Crippen LogP contribution in [0.4, 0.5) is 0 Å². The fourth-order valence-corrected chi connectivity index (χ4v) is 1.62. The van der Waals surface area contributed by atoms with Gasteiger partial charge in [0, 0.05) is 6.61 Å². The summed E-state index contributed by atoms with van der Waals surface area (Å²) in [5.74, 6) is 0. The van der Waals surface area contributed by atoms with E-state index in [4.69, 9.17) is 9.84 Å². The Morgan fingerprint density at radius 2 is 1.56 bits per heavy atom. The molecule has 0 radical (unpaired) electrons. The first-order chi connectivity index (χ1) is 7.91. The number of allylic oxidation sites excluding steroid dienone is 2. The molecule has 0 rings (SSSR count). The van der Waals surface area contributed by atoms with Gasteiger partial charge in [0.05, 0.1) is 13.2 Å². The van der Waals surface area contributed by atoms with Crippen LogP contribution in [-0.4, -0.2) is 24.9 Å². The monoisotopic (exact) mass is 228 g/mol. The second-order valence-electron chi connectivity index (χ2n) is 4.13. The van der Waals surface area contributed by atoms with E-state index in [2.05, 4.69) is 19.1 Å². The molecule has 2 heteroatoms. The first kappa shape index (κ1) is 15.7. The molecule has 0 atom stereocenters. The van der Waals surface area contributed by atoms with Crippen LogP contribution in [0.3, 0.4) is 0 Å². The van der Waals surface area contributed by atoms with Gasteiger partial charge in [-0.15, -0.1) is 0 Å². The van der Waals surface area contributed by atoms with Crippen LogP contribution >= 0.6 is 0 Å². The Bertz CT molecular complexity index is 144. The molecule has 0 aliphatic heterocycles. The summed E-state index contributed by atoms with van der Waals surface area (Å²) in [6.45, 7) is 3.62. The topological polar surface area (TPSA) is 29.5 Å². The molecule has 0 saturated heterocycles. The summed E-state index contributed by atoms with van der Waals surface area (Å²) in [5.41, 5.74) is 0. The Hall–Kier alpha value is -0.340. The second kappa shape index (κ2) is 14.7. The van der Waals surface area contributed by atoms with Gasteiger partial charge in [0.1, 0.15) is 0 Å². The molecule has 0 fully saturated rings. The zero-order valence-corrected chi connectivity index (χ0v) is 10.8. The average molecular weight is 228 g/mol. The smallest absolute Gasteiger partial charge is 0.0697 e. The van der Waals surface area contributed by atoms with Gasteiger partial charge in [0.2, 0.25) is 0 Å². The molecule has 0 saturated carbocycles. The number of ether oxygens (including phenoxy) is 1. The normalized spacial score (nSPS) is 11.4. The van der Waals surface area contributed by atoms with E-state index in [0.717, 1.165) is 19.4 Å². The summed E-state index contributed by atoms with van der Waals surface area (Å²) >= 11 is 0. The Morgan fingerprint density at radius 1 is 0.875 bits per heavy atom. The lowest BCUT2D eigenvalue weighted by Gasteiger charge is -2.02. The number of hydrogen-bond acceptors (Lipinski definition) is 2. The highest BCUT2D eigenvalue weighted by Crippen LogP contribution is 2.07. The summed E-state index contributed by atoms with van der Waals surface area (Å²) in [7, 11) is 0. The van der Waals surface area contributed by atoms with Gasteiger partial charge in [-0.3, -0.25) is 0 Å². The van der Waals surface area contributed by atoms with Crippen molar-refractivity contribution in [2.75, 3.05) is 19.8 Å². The van der Waals surface area contributed by atoms with Crippen LogP contribution in [0.5, 0.6) is 0 Å². The van der Waals surface area contributed by atoms with E-state index in [1.807, 2.05) is 0 Å². The lowest BCUT2D eigenvalue weighted by molar-refractivity contribution is 0.0895. The average Bonchev–Trinajstić information content (AvgIpc) is 2.31. The van der Waals surface area contributed by atoms with E-state index in [-0.39, 0.29) is 6.61 Å². The lowest BCUT2D eigenvalue weighted by atomic mass is 10.1. The van der Waals surface area contributed by atoms with Crippen LogP contribution in [0.25, 0.3) is 0 Å². The van der Waals surface area contributed by atoms with E-state index in [9.17, 15) is 0 Å². The van der Waals surface area contributed by atoms with Gasteiger partial charge in [-0.2, -0.15) is 0 Å². The highest BCUT2D eigenvalue weighted by molar-refractivity contribution is 4.79. The Morgan fingerprint density at radius 3 is 2.25 bits per heavy atom. The van der Waals surface area contributed by atoms with Crippen molar-refractivity contribution >= 4 is 0 Å². The summed E-state index contributed by atoms with van der Waals surface area (Å²) in [4.78, 5) is 0. The van der Waals surface area contributed by atoms with Crippen molar-refractivity contribution < 1.29 is 9.84 Å². The number of aliphatic hydroxyl groups is 1. The van der Waals surface area contributed by atoms with Crippen molar-refractivity contribution in [2.45, 2.75) is 58.3 Å². The molecule has 1 N–H and O–H groups in total. The maximum atomic E-state index is 8.50. The number of hydrogen-bond donors (Lipinski definition) is 1. The van der Waals surface area contributed by atoms with E-state index >= 15 is 0 Å².